The molecule has 1 atom stereocenters. The molecule has 2 heterocycles. The summed E-state index contributed by atoms with van der Waals surface area (Å²) < 4.78 is 0. The summed E-state index contributed by atoms with van der Waals surface area (Å²) in [6.07, 6.45) is 1.97. The van der Waals surface area contributed by atoms with Crippen LogP contribution in [0, 0.1) is 20.8 Å². The molecule has 5 heteroatoms. The van der Waals surface area contributed by atoms with Crippen molar-refractivity contribution in [3.63, 3.8) is 0 Å². The van der Waals surface area contributed by atoms with Crippen LogP contribution >= 0.6 is 22.7 Å². The molecule has 0 radical (unpaired) electrons. The summed E-state index contributed by atoms with van der Waals surface area (Å²) in [7, 11) is 0. The summed E-state index contributed by atoms with van der Waals surface area (Å²) in [5, 5.41) is 8.09. The van der Waals surface area contributed by atoms with Gasteiger partial charge in [-0.15, -0.1) is 22.7 Å². The molecule has 2 aromatic rings. The fourth-order valence-electron chi connectivity index (χ4n) is 2.10. The number of aryl methyl sites for hydroxylation is 3. The summed E-state index contributed by atoms with van der Waals surface area (Å²) in [5.41, 5.74) is 2.36. The van der Waals surface area contributed by atoms with E-state index in [1.165, 1.54) is 21.3 Å². The summed E-state index contributed by atoms with van der Waals surface area (Å²) in [4.78, 5) is 10.5. The van der Waals surface area contributed by atoms with Gasteiger partial charge >= 0.3 is 0 Å². The number of aromatic nitrogens is 2. The second-order valence-electron chi connectivity index (χ2n) is 4.77. The van der Waals surface area contributed by atoms with Crippen molar-refractivity contribution in [3.05, 3.63) is 31.7 Å². The maximum absolute atomic E-state index is 4.64. The predicted octanol–water partition coefficient (Wildman–Crippen LogP) is 3.29. The zero-order valence-electron chi connectivity index (χ0n) is 12.0. The minimum absolute atomic E-state index is 0.427. The van der Waals surface area contributed by atoms with Gasteiger partial charge in [0, 0.05) is 29.1 Å². The van der Waals surface area contributed by atoms with Crippen LogP contribution in [-0.2, 0) is 12.8 Å². The predicted molar refractivity (Wildman–Crippen MR) is 83.3 cm³/mol. The van der Waals surface area contributed by atoms with Gasteiger partial charge in [0.15, 0.2) is 0 Å². The highest BCUT2D eigenvalue weighted by Gasteiger charge is 2.14. The van der Waals surface area contributed by atoms with Gasteiger partial charge in [-0.2, -0.15) is 0 Å². The molecule has 0 amide bonds. The second-order valence-corrected chi connectivity index (χ2v) is 7.12. The average Bonchev–Trinajstić information content (AvgIpc) is 2.87. The lowest BCUT2D eigenvalue weighted by Gasteiger charge is -2.15. The first-order chi connectivity index (χ1) is 9.08. The van der Waals surface area contributed by atoms with E-state index >= 15 is 0 Å². The van der Waals surface area contributed by atoms with Crippen LogP contribution in [0.1, 0.15) is 33.2 Å². The van der Waals surface area contributed by atoms with Crippen LogP contribution < -0.4 is 5.32 Å². The molecule has 0 aliphatic heterocycles. The monoisotopic (exact) mass is 295 g/mol. The molecule has 0 fully saturated rings. The van der Waals surface area contributed by atoms with Gasteiger partial charge in [0.2, 0.25) is 0 Å². The van der Waals surface area contributed by atoms with Gasteiger partial charge in [0.1, 0.15) is 0 Å². The van der Waals surface area contributed by atoms with E-state index in [2.05, 4.69) is 48.4 Å². The van der Waals surface area contributed by atoms with Crippen LogP contribution in [0.3, 0.4) is 0 Å². The lowest BCUT2D eigenvalue weighted by Crippen LogP contribution is -2.33. The highest BCUT2D eigenvalue weighted by atomic mass is 32.1. The smallest absolute Gasteiger partial charge is 0.0946 e. The lowest BCUT2D eigenvalue weighted by molar-refractivity contribution is 0.516. The summed E-state index contributed by atoms with van der Waals surface area (Å²) in [6, 6.07) is 0.427. The fraction of sp³-hybridized carbons (Fsp3) is 0.571. The SMILES string of the molecule is CCNC(Cc1csc(C)n1)Cc1nc(C)c(C)s1. The Labute approximate surface area is 123 Å². The Morgan fingerprint density at radius 3 is 2.53 bits per heavy atom. The first kappa shape index (κ1) is 14.6. The van der Waals surface area contributed by atoms with Gasteiger partial charge < -0.3 is 5.32 Å². The zero-order chi connectivity index (χ0) is 13.8. The molecule has 1 N–H and O–H groups in total. The molecule has 0 saturated carbocycles. The van der Waals surface area contributed by atoms with Gasteiger partial charge in [-0.25, -0.2) is 9.97 Å². The van der Waals surface area contributed by atoms with Gasteiger partial charge in [-0.3, -0.25) is 0 Å². The van der Waals surface area contributed by atoms with Crippen molar-refractivity contribution in [1.82, 2.24) is 15.3 Å². The molecule has 1 unspecified atom stereocenters. The third-order valence-corrected chi connectivity index (χ3v) is 5.03. The molecular weight excluding hydrogens is 274 g/mol. The third-order valence-electron chi connectivity index (χ3n) is 3.11. The number of nitrogens with zero attached hydrogens (tertiary/aromatic N) is 2. The second kappa shape index (κ2) is 6.59. The van der Waals surface area contributed by atoms with Gasteiger partial charge in [-0.1, -0.05) is 6.92 Å². The minimum atomic E-state index is 0.427. The van der Waals surface area contributed by atoms with Gasteiger partial charge in [-0.05, 0) is 27.3 Å². The Bertz CT molecular complexity index is 511. The number of thiazole rings is 2. The minimum Gasteiger partial charge on any atom is -0.313 e. The number of rotatable bonds is 6. The number of hydrogen-bond donors (Lipinski definition) is 1. The van der Waals surface area contributed by atoms with Crippen molar-refractivity contribution in [2.24, 2.45) is 0 Å². The van der Waals surface area contributed by atoms with E-state index in [1.807, 2.05) is 11.3 Å². The molecule has 0 saturated heterocycles. The Morgan fingerprint density at radius 1 is 1.21 bits per heavy atom. The quantitative estimate of drug-likeness (QED) is 0.888. The number of hydrogen-bond acceptors (Lipinski definition) is 5. The van der Waals surface area contributed by atoms with Crippen molar-refractivity contribution in [2.45, 2.75) is 46.6 Å². The fourth-order valence-corrected chi connectivity index (χ4v) is 3.74. The summed E-state index contributed by atoms with van der Waals surface area (Å²) >= 11 is 3.54. The van der Waals surface area contributed by atoms with Crippen molar-refractivity contribution in [3.8, 4) is 0 Å². The molecule has 0 aromatic carbocycles. The molecule has 0 spiro atoms. The van der Waals surface area contributed by atoms with Crippen molar-refractivity contribution in [1.29, 1.82) is 0 Å². The van der Waals surface area contributed by atoms with E-state index < -0.39 is 0 Å². The number of nitrogens with one attached hydrogen (secondary N) is 1. The number of likely N-dealkylation sites (N-methyl/N-ethyl adjacent to an activating group) is 1. The normalized spacial score (nSPS) is 12.8. The van der Waals surface area contributed by atoms with Gasteiger partial charge in [0.05, 0.1) is 21.4 Å². The third kappa shape index (κ3) is 4.09. The van der Waals surface area contributed by atoms with Crippen molar-refractivity contribution < 1.29 is 0 Å². The topological polar surface area (TPSA) is 37.8 Å². The Balaban J connectivity index is 2.03. The van der Waals surface area contributed by atoms with Crippen LogP contribution in [0.25, 0.3) is 0 Å². The lowest BCUT2D eigenvalue weighted by atomic mass is 10.1. The molecule has 0 aliphatic rings. The highest BCUT2D eigenvalue weighted by molar-refractivity contribution is 7.11. The van der Waals surface area contributed by atoms with E-state index in [1.54, 1.807) is 11.3 Å². The maximum Gasteiger partial charge on any atom is 0.0946 e. The molecule has 2 aromatic heterocycles. The van der Waals surface area contributed by atoms with E-state index in [0.29, 0.717) is 6.04 Å². The van der Waals surface area contributed by atoms with Crippen LogP contribution in [-0.4, -0.2) is 22.6 Å². The Kier molecular flexibility index (Phi) is 5.07. The van der Waals surface area contributed by atoms with Crippen molar-refractivity contribution >= 4 is 22.7 Å². The van der Waals surface area contributed by atoms with E-state index in [9.17, 15) is 0 Å². The largest absolute Gasteiger partial charge is 0.313 e. The molecule has 104 valence electrons. The van der Waals surface area contributed by atoms with E-state index in [4.69, 9.17) is 0 Å². The first-order valence-corrected chi connectivity index (χ1v) is 8.35. The molecule has 19 heavy (non-hydrogen) atoms. The van der Waals surface area contributed by atoms with Crippen LogP contribution in [0.15, 0.2) is 5.38 Å². The van der Waals surface area contributed by atoms with Crippen LogP contribution in [0.5, 0.6) is 0 Å². The van der Waals surface area contributed by atoms with Crippen LogP contribution in [0.2, 0.25) is 0 Å². The molecular formula is C14H21N3S2. The molecule has 3 nitrogen and oxygen atoms in total. The highest BCUT2D eigenvalue weighted by Crippen LogP contribution is 2.19. The molecule has 0 aliphatic carbocycles. The van der Waals surface area contributed by atoms with E-state index in [-0.39, 0.29) is 0 Å². The average molecular weight is 295 g/mol. The zero-order valence-corrected chi connectivity index (χ0v) is 13.6. The van der Waals surface area contributed by atoms with E-state index in [0.717, 1.165) is 24.4 Å². The Morgan fingerprint density at radius 2 is 2.00 bits per heavy atom. The maximum atomic E-state index is 4.64. The summed E-state index contributed by atoms with van der Waals surface area (Å²) in [5.74, 6) is 0. The standard InChI is InChI=1S/C14H21N3S2/c1-5-15-12(6-13-8-18-11(4)17-13)7-14-16-9(2)10(3)19-14/h8,12,15H,5-7H2,1-4H3. The van der Waals surface area contributed by atoms with Crippen molar-refractivity contribution in [2.75, 3.05) is 6.54 Å². The summed E-state index contributed by atoms with van der Waals surface area (Å²) in [6.45, 7) is 9.42. The van der Waals surface area contributed by atoms with Crippen LogP contribution in [0.4, 0.5) is 0 Å². The van der Waals surface area contributed by atoms with Gasteiger partial charge in [0.25, 0.3) is 0 Å². The Hall–Kier alpha value is -0.780. The molecule has 2 rings (SSSR count). The molecule has 0 bridgehead atoms. The first-order valence-electron chi connectivity index (χ1n) is 6.65.